The van der Waals surface area contributed by atoms with Crippen LogP contribution in [0, 0.1) is 5.92 Å². The van der Waals surface area contributed by atoms with Crippen LogP contribution in [-0.2, 0) is 4.79 Å². The highest BCUT2D eigenvalue weighted by atomic mass is 35.5. The molecule has 0 spiro atoms. The lowest BCUT2D eigenvalue weighted by atomic mass is 9.85. The van der Waals surface area contributed by atoms with Crippen molar-refractivity contribution in [2.75, 3.05) is 6.61 Å². The summed E-state index contributed by atoms with van der Waals surface area (Å²) in [6.07, 6.45) is 3.90. The third kappa shape index (κ3) is 4.96. The van der Waals surface area contributed by atoms with Crippen LogP contribution in [0.15, 0.2) is 53.2 Å². The molecule has 23 heavy (non-hydrogen) atoms. The molecule has 0 saturated heterocycles. The van der Waals surface area contributed by atoms with Gasteiger partial charge in [-0.1, -0.05) is 42.0 Å². The first-order valence-electron chi connectivity index (χ1n) is 7.52. The quantitative estimate of drug-likeness (QED) is 0.651. The summed E-state index contributed by atoms with van der Waals surface area (Å²) in [7, 11) is 0. The largest absolute Gasteiger partial charge is 0.482 e. The van der Waals surface area contributed by atoms with E-state index in [0.29, 0.717) is 16.7 Å². The molecule has 1 aromatic carbocycles. The van der Waals surface area contributed by atoms with Crippen LogP contribution in [0.4, 0.5) is 0 Å². The maximum absolute atomic E-state index is 11.9. The zero-order valence-corrected chi connectivity index (χ0v) is 14.2. The minimum absolute atomic E-state index is 0.132. The predicted octanol–water partition coefficient (Wildman–Crippen LogP) is 4.12. The van der Waals surface area contributed by atoms with E-state index < -0.39 is 0 Å². The SMILES string of the molecule is C=C(C)[C@@H]1CC=C(C)/C(=N\NC(=O)COc2ccccc2Cl)C1. The van der Waals surface area contributed by atoms with Crippen molar-refractivity contribution in [3.8, 4) is 5.75 Å². The predicted molar refractivity (Wildman–Crippen MR) is 93.8 cm³/mol. The first-order valence-corrected chi connectivity index (χ1v) is 7.90. The number of allylic oxidation sites excluding steroid dienone is 3. The Morgan fingerprint density at radius 3 is 2.91 bits per heavy atom. The molecule has 1 aromatic rings. The van der Waals surface area contributed by atoms with Crippen LogP contribution in [0.1, 0.15) is 26.7 Å². The number of amides is 1. The topological polar surface area (TPSA) is 50.7 Å². The molecule has 0 radical (unpaired) electrons. The van der Waals surface area contributed by atoms with Crippen molar-refractivity contribution in [2.24, 2.45) is 11.0 Å². The molecule has 1 atom stereocenters. The third-order valence-electron chi connectivity index (χ3n) is 3.81. The van der Waals surface area contributed by atoms with Gasteiger partial charge >= 0.3 is 0 Å². The highest BCUT2D eigenvalue weighted by Gasteiger charge is 2.18. The summed E-state index contributed by atoms with van der Waals surface area (Å²) in [5, 5.41) is 4.70. The molecule has 0 heterocycles. The lowest BCUT2D eigenvalue weighted by Crippen LogP contribution is -2.27. The van der Waals surface area contributed by atoms with E-state index in [4.69, 9.17) is 16.3 Å². The van der Waals surface area contributed by atoms with Crippen molar-refractivity contribution < 1.29 is 9.53 Å². The first kappa shape index (κ1) is 17.3. The fraction of sp³-hybridized carbons (Fsp3) is 0.333. The average Bonchev–Trinajstić information content (AvgIpc) is 2.53. The smallest absolute Gasteiger partial charge is 0.277 e. The summed E-state index contributed by atoms with van der Waals surface area (Å²) in [4.78, 5) is 11.9. The van der Waals surface area contributed by atoms with Crippen LogP contribution in [-0.4, -0.2) is 18.2 Å². The van der Waals surface area contributed by atoms with E-state index in [1.165, 1.54) is 0 Å². The Labute approximate surface area is 141 Å². The highest BCUT2D eigenvalue weighted by molar-refractivity contribution is 6.32. The van der Waals surface area contributed by atoms with E-state index >= 15 is 0 Å². The summed E-state index contributed by atoms with van der Waals surface area (Å²) >= 11 is 5.97. The Morgan fingerprint density at radius 1 is 1.48 bits per heavy atom. The molecule has 0 fully saturated rings. The molecule has 0 saturated carbocycles. The summed E-state index contributed by atoms with van der Waals surface area (Å²) in [5.41, 5.74) is 5.65. The van der Waals surface area contributed by atoms with Crippen molar-refractivity contribution in [3.63, 3.8) is 0 Å². The van der Waals surface area contributed by atoms with E-state index in [2.05, 4.69) is 23.2 Å². The van der Waals surface area contributed by atoms with Crippen molar-refractivity contribution in [3.05, 3.63) is 53.1 Å². The molecule has 122 valence electrons. The molecule has 0 unspecified atom stereocenters. The maximum atomic E-state index is 11.9. The number of halogens is 1. The zero-order valence-electron chi connectivity index (χ0n) is 13.4. The van der Waals surface area contributed by atoms with Crippen LogP contribution in [0.3, 0.4) is 0 Å². The zero-order chi connectivity index (χ0) is 16.8. The Bertz CT molecular complexity index is 665. The van der Waals surface area contributed by atoms with Gasteiger partial charge in [-0.3, -0.25) is 4.79 Å². The van der Waals surface area contributed by atoms with E-state index in [1.54, 1.807) is 24.3 Å². The lowest BCUT2D eigenvalue weighted by molar-refractivity contribution is -0.123. The van der Waals surface area contributed by atoms with Crippen LogP contribution in [0.25, 0.3) is 0 Å². The number of ether oxygens (including phenoxy) is 1. The van der Waals surface area contributed by atoms with E-state index in [1.807, 2.05) is 13.8 Å². The average molecular weight is 333 g/mol. The van der Waals surface area contributed by atoms with Gasteiger partial charge < -0.3 is 4.74 Å². The molecule has 5 heteroatoms. The normalized spacial score (nSPS) is 19.2. The molecular weight excluding hydrogens is 312 g/mol. The summed E-state index contributed by atoms with van der Waals surface area (Å²) < 4.78 is 5.38. The number of carbonyl (C=O) groups is 1. The maximum Gasteiger partial charge on any atom is 0.277 e. The van der Waals surface area contributed by atoms with Gasteiger partial charge in [0.05, 0.1) is 10.7 Å². The first-order chi connectivity index (χ1) is 11.0. The molecule has 0 bridgehead atoms. The van der Waals surface area contributed by atoms with Gasteiger partial charge in [0, 0.05) is 0 Å². The van der Waals surface area contributed by atoms with E-state index in [9.17, 15) is 4.79 Å². The molecule has 1 N–H and O–H groups in total. The van der Waals surface area contributed by atoms with Gasteiger partial charge in [-0.2, -0.15) is 5.10 Å². The number of rotatable bonds is 5. The fourth-order valence-corrected chi connectivity index (χ4v) is 2.48. The minimum Gasteiger partial charge on any atom is -0.482 e. The monoisotopic (exact) mass is 332 g/mol. The van der Waals surface area contributed by atoms with Gasteiger partial charge in [0.1, 0.15) is 5.75 Å². The van der Waals surface area contributed by atoms with Gasteiger partial charge in [-0.15, -0.1) is 0 Å². The molecule has 1 aliphatic rings. The molecular formula is C18H21ClN2O2. The number of nitrogens with zero attached hydrogens (tertiary/aromatic N) is 1. The molecule has 1 amide bonds. The van der Waals surface area contributed by atoms with Crippen LogP contribution < -0.4 is 10.2 Å². The fourth-order valence-electron chi connectivity index (χ4n) is 2.29. The molecule has 0 aliphatic heterocycles. The van der Waals surface area contributed by atoms with E-state index in [0.717, 1.165) is 29.7 Å². The molecule has 0 aromatic heterocycles. The Kier molecular flexibility index (Phi) is 5.99. The Hall–Kier alpha value is -2.07. The third-order valence-corrected chi connectivity index (χ3v) is 4.12. The van der Waals surface area contributed by atoms with Gasteiger partial charge in [-0.25, -0.2) is 5.43 Å². The summed E-state index contributed by atoms with van der Waals surface area (Å²) in [6, 6.07) is 7.03. The van der Waals surface area contributed by atoms with Crippen LogP contribution >= 0.6 is 11.6 Å². The number of para-hydroxylation sites is 1. The Balaban J connectivity index is 1.90. The number of hydrogen-bond acceptors (Lipinski definition) is 3. The van der Waals surface area contributed by atoms with Gasteiger partial charge in [-0.05, 0) is 50.3 Å². The second-order valence-corrected chi connectivity index (χ2v) is 6.09. The number of hydrazone groups is 1. The number of benzene rings is 1. The molecule has 2 rings (SSSR count). The summed E-state index contributed by atoms with van der Waals surface area (Å²) in [6.45, 7) is 7.89. The second kappa shape index (κ2) is 7.97. The van der Waals surface area contributed by atoms with Crippen molar-refractivity contribution >= 4 is 23.2 Å². The van der Waals surface area contributed by atoms with Crippen molar-refractivity contribution in [1.82, 2.24) is 5.43 Å². The van der Waals surface area contributed by atoms with Crippen molar-refractivity contribution in [1.29, 1.82) is 0 Å². The number of hydrogen-bond donors (Lipinski definition) is 1. The second-order valence-electron chi connectivity index (χ2n) is 5.68. The number of carbonyl (C=O) groups excluding carboxylic acids is 1. The van der Waals surface area contributed by atoms with Gasteiger partial charge in [0.25, 0.3) is 5.91 Å². The van der Waals surface area contributed by atoms with E-state index in [-0.39, 0.29) is 12.5 Å². The van der Waals surface area contributed by atoms with Gasteiger partial charge in [0.2, 0.25) is 0 Å². The molecule has 1 aliphatic carbocycles. The minimum atomic E-state index is -0.317. The lowest BCUT2D eigenvalue weighted by Gasteiger charge is -2.22. The van der Waals surface area contributed by atoms with Crippen LogP contribution in [0.2, 0.25) is 5.02 Å². The van der Waals surface area contributed by atoms with Gasteiger partial charge in [0.15, 0.2) is 6.61 Å². The standard InChI is InChI=1S/C18H21ClN2O2/c1-12(2)14-9-8-13(3)16(10-14)20-21-18(22)11-23-17-7-5-4-6-15(17)19/h4-8,14H,1,9-11H2,2-3H3,(H,21,22)/b20-16-/t14-/m1/s1. The number of nitrogens with one attached hydrogen (secondary N) is 1. The van der Waals surface area contributed by atoms with Crippen LogP contribution in [0.5, 0.6) is 5.75 Å². The summed E-state index contributed by atoms with van der Waals surface area (Å²) in [5.74, 6) is 0.546. The molecule has 4 nitrogen and oxygen atoms in total. The Morgan fingerprint density at radius 2 is 2.22 bits per heavy atom. The highest BCUT2D eigenvalue weighted by Crippen LogP contribution is 2.26. The van der Waals surface area contributed by atoms with Crippen molar-refractivity contribution in [2.45, 2.75) is 26.7 Å².